The van der Waals surface area contributed by atoms with E-state index in [-0.39, 0.29) is 12.6 Å². The van der Waals surface area contributed by atoms with Gasteiger partial charge in [-0.05, 0) is 38.4 Å². The fourth-order valence-electron chi connectivity index (χ4n) is 1.87. The van der Waals surface area contributed by atoms with Crippen LogP contribution in [0.25, 0.3) is 0 Å². The molecule has 3 nitrogen and oxygen atoms in total. The second-order valence-electron chi connectivity index (χ2n) is 5.92. The highest BCUT2D eigenvalue weighted by molar-refractivity contribution is 4.70. The summed E-state index contributed by atoms with van der Waals surface area (Å²) >= 11 is 0. The summed E-state index contributed by atoms with van der Waals surface area (Å²) in [4.78, 5) is 2.34. The molecular weight excluding hydrogens is 200 g/mol. The van der Waals surface area contributed by atoms with Crippen LogP contribution < -0.4 is 5.32 Å². The molecule has 0 rings (SSSR count). The molecule has 98 valence electrons. The minimum Gasteiger partial charge on any atom is -0.395 e. The molecule has 1 unspecified atom stereocenters. The zero-order valence-corrected chi connectivity index (χ0v) is 11.7. The molecular formula is C13H30N2O. The number of aliphatic hydroxyl groups is 1. The van der Waals surface area contributed by atoms with Crippen LogP contribution in [0, 0.1) is 5.41 Å². The fraction of sp³-hybridized carbons (Fsp3) is 1.00. The maximum Gasteiger partial charge on any atom is 0.0585 e. The molecule has 0 aliphatic rings. The van der Waals surface area contributed by atoms with Crippen molar-refractivity contribution in [1.82, 2.24) is 10.2 Å². The van der Waals surface area contributed by atoms with Crippen molar-refractivity contribution < 1.29 is 5.11 Å². The van der Waals surface area contributed by atoms with Gasteiger partial charge >= 0.3 is 0 Å². The van der Waals surface area contributed by atoms with Gasteiger partial charge in [-0.2, -0.15) is 0 Å². The molecule has 0 aromatic rings. The first-order chi connectivity index (χ1) is 7.39. The second kappa shape index (κ2) is 8.04. The van der Waals surface area contributed by atoms with E-state index in [4.69, 9.17) is 0 Å². The highest BCUT2D eigenvalue weighted by Gasteiger charge is 2.14. The van der Waals surface area contributed by atoms with Gasteiger partial charge in [-0.15, -0.1) is 0 Å². The molecule has 3 heteroatoms. The summed E-state index contributed by atoms with van der Waals surface area (Å²) in [6.07, 6.45) is 2.14. The Morgan fingerprint density at radius 1 is 1.31 bits per heavy atom. The van der Waals surface area contributed by atoms with Crippen LogP contribution in [-0.4, -0.2) is 49.3 Å². The number of nitrogens with zero attached hydrogens (tertiary/aromatic N) is 1. The van der Waals surface area contributed by atoms with E-state index in [2.05, 4.69) is 45.0 Å². The normalized spacial score (nSPS) is 14.4. The summed E-state index contributed by atoms with van der Waals surface area (Å²) in [5.74, 6) is 0. The van der Waals surface area contributed by atoms with E-state index in [9.17, 15) is 5.11 Å². The van der Waals surface area contributed by atoms with Gasteiger partial charge in [0.1, 0.15) is 0 Å². The van der Waals surface area contributed by atoms with Crippen molar-refractivity contribution in [3.05, 3.63) is 0 Å². The molecule has 0 heterocycles. The smallest absolute Gasteiger partial charge is 0.0585 e. The second-order valence-corrected chi connectivity index (χ2v) is 5.92. The van der Waals surface area contributed by atoms with Crippen molar-refractivity contribution in [2.24, 2.45) is 5.41 Å². The van der Waals surface area contributed by atoms with Crippen LogP contribution in [-0.2, 0) is 0 Å². The average Bonchev–Trinajstić information content (AvgIpc) is 2.15. The molecule has 16 heavy (non-hydrogen) atoms. The topological polar surface area (TPSA) is 35.5 Å². The van der Waals surface area contributed by atoms with Gasteiger partial charge in [0.05, 0.1) is 6.61 Å². The van der Waals surface area contributed by atoms with E-state index in [1.54, 1.807) is 0 Å². The third kappa shape index (κ3) is 9.13. The molecule has 0 aliphatic carbocycles. The fourth-order valence-corrected chi connectivity index (χ4v) is 1.87. The van der Waals surface area contributed by atoms with Crippen LogP contribution in [0.5, 0.6) is 0 Å². The molecule has 2 N–H and O–H groups in total. The lowest BCUT2D eigenvalue weighted by molar-refractivity contribution is 0.192. The molecule has 0 amide bonds. The monoisotopic (exact) mass is 230 g/mol. The zero-order chi connectivity index (χ0) is 12.6. The molecule has 0 radical (unpaired) electrons. The van der Waals surface area contributed by atoms with Gasteiger partial charge in [0, 0.05) is 12.6 Å². The van der Waals surface area contributed by atoms with Gasteiger partial charge in [-0.1, -0.05) is 27.7 Å². The van der Waals surface area contributed by atoms with E-state index in [1.165, 1.54) is 0 Å². The van der Waals surface area contributed by atoms with Crippen molar-refractivity contribution in [2.75, 3.05) is 33.3 Å². The molecule has 1 atom stereocenters. The summed E-state index contributed by atoms with van der Waals surface area (Å²) < 4.78 is 0. The van der Waals surface area contributed by atoms with Crippen molar-refractivity contribution in [3.63, 3.8) is 0 Å². The van der Waals surface area contributed by atoms with Crippen LogP contribution in [0.2, 0.25) is 0 Å². The standard InChI is InChI=1S/C13H30N2O/c1-6-8-14-12(10-16)7-9-15(5)11-13(2,3)4/h12,14,16H,6-11H2,1-5H3. The van der Waals surface area contributed by atoms with Gasteiger partial charge in [-0.3, -0.25) is 0 Å². The van der Waals surface area contributed by atoms with E-state index < -0.39 is 0 Å². The minimum absolute atomic E-state index is 0.239. The highest BCUT2D eigenvalue weighted by atomic mass is 16.3. The summed E-state index contributed by atoms with van der Waals surface area (Å²) in [6, 6.07) is 0.252. The first kappa shape index (κ1) is 15.9. The number of nitrogens with one attached hydrogen (secondary N) is 1. The largest absolute Gasteiger partial charge is 0.395 e. The van der Waals surface area contributed by atoms with Gasteiger partial charge in [0.2, 0.25) is 0 Å². The van der Waals surface area contributed by atoms with Gasteiger partial charge in [0.15, 0.2) is 0 Å². The zero-order valence-electron chi connectivity index (χ0n) is 11.7. The lowest BCUT2D eigenvalue weighted by Gasteiger charge is -2.27. The Balaban J connectivity index is 3.74. The van der Waals surface area contributed by atoms with Crippen LogP contribution in [0.15, 0.2) is 0 Å². The van der Waals surface area contributed by atoms with Gasteiger partial charge in [0.25, 0.3) is 0 Å². The van der Waals surface area contributed by atoms with E-state index in [0.717, 1.165) is 32.5 Å². The van der Waals surface area contributed by atoms with Crippen LogP contribution in [0.4, 0.5) is 0 Å². The Morgan fingerprint density at radius 2 is 1.94 bits per heavy atom. The quantitative estimate of drug-likeness (QED) is 0.666. The Kier molecular flexibility index (Phi) is 7.98. The number of aliphatic hydroxyl groups excluding tert-OH is 1. The predicted molar refractivity (Wildman–Crippen MR) is 70.7 cm³/mol. The predicted octanol–water partition coefficient (Wildman–Crippen LogP) is 1.71. The first-order valence-electron chi connectivity index (χ1n) is 6.42. The number of hydrogen-bond acceptors (Lipinski definition) is 3. The molecule has 0 saturated carbocycles. The van der Waals surface area contributed by atoms with E-state index in [0.29, 0.717) is 5.41 Å². The third-order valence-corrected chi connectivity index (χ3v) is 2.51. The van der Waals surface area contributed by atoms with E-state index in [1.807, 2.05) is 0 Å². The molecule has 0 bridgehead atoms. The lowest BCUT2D eigenvalue weighted by Crippen LogP contribution is -2.38. The number of rotatable bonds is 8. The van der Waals surface area contributed by atoms with Gasteiger partial charge in [-0.25, -0.2) is 0 Å². The van der Waals surface area contributed by atoms with Crippen molar-refractivity contribution >= 4 is 0 Å². The average molecular weight is 230 g/mol. The Bertz CT molecular complexity index is 166. The maximum absolute atomic E-state index is 9.22. The van der Waals surface area contributed by atoms with Crippen LogP contribution in [0.3, 0.4) is 0 Å². The molecule has 0 aliphatic heterocycles. The van der Waals surface area contributed by atoms with Crippen LogP contribution >= 0.6 is 0 Å². The number of hydrogen-bond donors (Lipinski definition) is 2. The van der Waals surface area contributed by atoms with Crippen molar-refractivity contribution in [1.29, 1.82) is 0 Å². The minimum atomic E-state index is 0.239. The molecule has 0 saturated heterocycles. The Labute approximate surface area is 101 Å². The van der Waals surface area contributed by atoms with Gasteiger partial charge < -0.3 is 15.3 Å². The molecule has 0 aromatic heterocycles. The summed E-state index contributed by atoms with van der Waals surface area (Å²) in [5.41, 5.74) is 0.348. The third-order valence-electron chi connectivity index (χ3n) is 2.51. The maximum atomic E-state index is 9.22. The van der Waals surface area contributed by atoms with E-state index >= 15 is 0 Å². The Hall–Kier alpha value is -0.120. The summed E-state index contributed by atoms with van der Waals surface area (Å²) in [6.45, 7) is 12.3. The lowest BCUT2D eigenvalue weighted by atomic mass is 9.96. The first-order valence-corrected chi connectivity index (χ1v) is 6.42. The van der Waals surface area contributed by atoms with Crippen molar-refractivity contribution in [2.45, 2.75) is 46.6 Å². The molecule has 0 aromatic carbocycles. The molecule has 0 spiro atoms. The highest BCUT2D eigenvalue weighted by Crippen LogP contribution is 2.14. The van der Waals surface area contributed by atoms with Crippen LogP contribution in [0.1, 0.15) is 40.5 Å². The Morgan fingerprint density at radius 3 is 2.38 bits per heavy atom. The van der Waals surface area contributed by atoms with Crippen molar-refractivity contribution in [3.8, 4) is 0 Å². The SMILES string of the molecule is CCCNC(CO)CCN(C)CC(C)(C)C. The summed E-state index contributed by atoms with van der Waals surface area (Å²) in [5, 5.41) is 12.6. The summed E-state index contributed by atoms with van der Waals surface area (Å²) in [7, 11) is 2.15. The molecule has 0 fully saturated rings.